The summed E-state index contributed by atoms with van der Waals surface area (Å²) in [5, 5.41) is 3.73. The highest BCUT2D eigenvalue weighted by atomic mass is 16.6. The Morgan fingerprint density at radius 2 is 2.00 bits per heavy atom. The average molecular weight is 273 g/mol. The molecule has 1 aromatic carbocycles. The summed E-state index contributed by atoms with van der Waals surface area (Å²) >= 11 is 0. The lowest BCUT2D eigenvalue weighted by molar-refractivity contribution is 0.0862. The van der Waals surface area contributed by atoms with E-state index >= 15 is 0 Å². The Morgan fingerprint density at radius 3 is 2.75 bits per heavy atom. The maximum absolute atomic E-state index is 11.9. The molecule has 1 heterocycles. The molecule has 4 heteroatoms. The molecule has 0 aliphatic heterocycles. The number of fused-ring (bicyclic) bond motifs is 1. The second-order valence-corrected chi connectivity index (χ2v) is 5.34. The number of hydrogen-bond acceptors (Lipinski definition) is 3. The molecule has 0 atom stereocenters. The van der Waals surface area contributed by atoms with Crippen LogP contribution in [0.3, 0.4) is 0 Å². The lowest BCUT2D eigenvalue weighted by Crippen LogP contribution is -2.24. The number of benzene rings is 1. The van der Waals surface area contributed by atoms with Crippen molar-refractivity contribution in [3.05, 3.63) is 29.8 Å². The number of para-hydroxylation sites is 1. The second kappa shape index (κ2) is 5.57. The van der Waals surface area contributed by atoms with Gasteiger partial charge in [0.1, 0.15) is 11.7 Å². The molecular formula is C16H19NO3. The van der Waals surface area contributed by atoms with E-state index in [0.717, 1.165) is 42.2 Å². The number of carbonyl (C=O) groups excluding carboxylic acids is 1. The van der Waals surface area contributed by atoms with Crippen molar-refractivity contribution in [2.24, 2.45) is 0 Å². The molecule has 0 saturated heterocycles. The van der Waals surface area contributed by atoms with E-state index in [4.69, 9.17) is 9.15 Å². The Balaban J connectivity index is 1.69. The number of rotatable bonds is 2. The third-order valence-corrected chi connectivity index (χ3v) is 3.89. The molecule has 4 nitrogen and oxygen atoms in total. The van der Waals surface area contributed by atoms with Gasteiger partial charge in [-0.15, -0.1) is 0 Å². The Kier molecular flexibility index (Phi) is 3.63. The molecule has 0 radical (unpaired) electrons. The quantitative estimate of drug-likeness (QED) is 0.868. The average Bonchev–Trinajstić information content (AvgIpc) is 2.77. The molecule has 1 aliphatic rings. The summed E-state index contributed by atoms with van der Waals surface area (Å²) in [6.07, 6.45) is 5.08. The number of hydrogen-bond donors (Lipinski definition) is 1. The zero-order valence-corrected chi connectivity index (χ0v) is 11.6. The van der Waals surface area contributed by atoms with E-state index in [1.54, 1.807) is 0 Å². The minimum absolute atomic E-state index is 0.0495. The van der Waals surface area contributed by atoms with Gasteiger partial charge in [0.15, 0.2) is 0 Å². The fraction of sp³-hybridized carbons (Fsp3) is 0.438. The van der Waals surface area contributed by atoms with Crippen LogP contribution in [0.5, 0.6) is 0 Å². The topological polar surface area (TPSA) is 51.5 Å². The van der Waals surface area contributed by atoms with E-state index < -0.39 is 6.09 Å². The van der Waals surface area contributed by atoms with Crippen LogP contribution in [-0.4, -0.2) is 12.2 Å². The lowest BCUT2D eigenvalue weighted by atomic mass is 9.98. The number of nitrogens with one attached hydrogen (secondary N) is 1. The van der Waals surface area contributed by atoms with Gasteiger partial charge in [-0.1, -0.05) is 24.6 Å². The Labute approximate surface area is 118 Å². The molecule has 1 aliphatic carbocycles. The number of carbonyl (C=O) groups is 1. The molecule has 1 aromatic heterocycles. The highest BCUT2D eigenvalue weighted by Crippen LogP contribution is 2.29. The monoisotopic (exact) mass is 273 g/mol. The molecule has 0 bridgehead atoms. The van der Waals surface area contributed by atoms with E-state index in [1.807, 2.05) is 31.2 Å². The van der Waals surface area contributed by atoms with Crippen molar-refractivity contribution >= 4 is 22.9 Å². The zero-order valence-electron chi connectivity index (χ0n) is 11.6. The van der Waals surface area contributed by atoms with Crippen molar-refractivity contribution in [1.82, 2.24) is 0 Å². The van der Waals surface area contributed by atoms with Crippen LogP contribution >= 0.6 is 0 Å². The summed E-state index contributed by atoms with van der Waals surface area (Å²) in [5.41, 5.74) is 1.71. The summed E-state index contributed by atoms with van der Waals surface area (Å²) in [5.74, 6) is 0.479. The van der Waals surface area contributed by atoms with Crippen LogP contribution in [0.25, 0.3) is 11.0 Å². The minimum Gasteiger partial charge on any atom is -0.446 e. The first-order valence-corrected chi connectivity index (χ1v) is 7.20. The highest BCUT2D eigenvalue weighted by molar-refractivity contribution is 5.91. The molecule has 1 saturated carbocycles. The molecule has 1 amide bonds. The summed E-state index contributed by atoms with van der Waals surface area (Å²) < 4.78 is 11.1. The van der Waals surface area contributed by atoms with Crippen LogP contribution < -0.4 is 5.32 Å². The Hall–Kier alpha value is -1.97. The molecule has 2 aromatic rings. The van der Waals surface area contributed by atoms with Gasteiger partial charge in [0.25, 0.3) is 0 Å². The van der Waals surface area contributed by atoms with E-state index in [-0.39, 0.29) is 6.10 Å². The summed E-state index contributed by atoms with van der Waals surface area (Å²) in [4.78, 5) is 11.9. The minimum atomic E-state index is -0.418. The van der Waals surface area contributed by atoms with Gasteiger partial charge in [0.2, 0.25) is 5.88 Å². The van der Waals surface area contributed by atoms with Crippen LogP contribution in [0, 0.1) is 6.92 Å². The van der Waals surface area contributed by atoms with Gasteiger partial charge in [-0.2, -0.15) is 0 Å². The molecule has 20 heavy (non-hydrogen) atoms. The standard InChI is InChI=1S/C16H19NO3/c1-11-13-9-5-6-10-14(13)20-15(11)17-16(18)19-12-7-3-2-4-8-12/h5-6,9-10,12H,2-4,7-8H2,1H3,(H,17,18). The van der Waals surface area contributed by atoms with Gasteiger partial charge in [-0.05, 0) is 38.7 Å². The van der Waals surface area contributed by atoms with Crippen molar-refractivity contribution in [2.45, 2.75) is 45.1 Å². The van der Waals surface area contributed by atoms with E-state index in [0.29, 0.717) is 5.88 Å². The molecule has 0 spiro atoms. The number of ether oxygens (including phenoxy) is 1. The van der Waals surface area contributed by atoms with Crippen LogP contribution in [0.4, 0.5) is 10.7 Å². The van der Waals surface area contributed by atoms with E-state index in [1.165, 1.54) is 6.42 Å². The normalized spacial score (nSPS) is 16.2. The first kappa shape index (κ1) is 13.0. The van der Waals surface area contributed by atoms with Gasteiger partial charge in [-0.3, -0.25) is 5.32 Å². The predicted molar refractivity (Wildman–Crippen MR) is 77.9 cm³/mol. The van der Waals surface area contributed by atoms with E-state index in [2.05, 4.69) is 5.32 Å². The Morgan fingerprint density at radius 1 is 1.25 bits per heavy atom. The van der Waals surface area contributed by atoms with Crippen molar-refractivity contribution in [3.8, 4) is 0 Å². The first-order chi connectivity index (χ1) is 9.74. The summed E-state index contributed by atoms with van der Waals surface area (Å²) in [6.45, 7) is 1.93. The van der Waals surface area contributed by atoms with Crippen LogP contribution in [0.15, 0.2) is 28.7 Å². The van der Waals surface area contributed by atoms with E-state index in [9.17, 15) is 4.79 Å². The second-order valence-electron chi connectivity index (χ2n) is 5.34. The highest BCUT2D eigenvalue weighted by Gasteiger charge is 2.19. The van der Waals surface area contributed by atoms with Crippen molar-refractivity contribution in [1.29, 1.82) is 0 Å². The SMILES string of the molecule is Cc1c(NC(=O)OC2CCCCC2)oc2ccccc12. The fourth-order valence-corrected chi connectivity index (χ4v) is 2.75. The van der Waals surface area contributed by atoms with Gasteiger partial charge >= 0.3 is 6.09 Å². The number of aryl methyl sites for hydroxylation is 1. The number of anilines is 1. The van der Waals surface area contributed by atoms with Crippen LogP contribution in [0.2, 0.25) is 0 Å². The third kappa shape index (κ3) is 2.64. The summed E-state index contributed by atoms with van der Waals surface area (Å²) in [6, 6.07) is 7.73. The van der Waals surface area contributed by atoms with Gasteiger partial charge < -0.3 is 9.15 Å². The number of amides is 1. The smallest absolute Gasteiger partial charge is 0.414 e. The van der Waals surface area contributed by atoms with Crippen molar-refractivity contribution in [3.63, 3.8) is 0 Å². The molecular weight excluding hydrogens is 254 g/mol. The number of furan rings is 1. The molecule has 106 valence electrons. The zero-order chi connectivity index (χ0) is 13.9. The third-order valence-electron chi connectivity index (χ3n) is 3.89. The predicted octanol–water partition coefficient (Wildman–Crippen LogP) is 4.62. The van der Waals surface area contributed by atoms with Crippen LogP contribution in [-0.2, 0) is 4.74 Å². The first-order valence-electron chi connectivity index (χ1n) is 7.20. The van der Waals surface area contributed by atoms with Crippen LogP contribution in [0.1, 0.15) is 37.7 Å². The van der Waals surface area contributed by atoms with Crippen molar-refractivity contribution < 1.29 is 13.9 Å². The molecule has 1 fully saturated rings. The lowest BCUT2D eigenvalue weighted by Gasteiger charge is -2.21. The van der Waals surface area contributed by atoms with Gasteiger partial charge in [0.05, 0.1) is 0 Å². The largest absolute Gasteiger partial charge is 0.446 e. The molecule has 3 rings (SSSR count). The fourth-order valence-electron chi connectivity index (χ4n) is 2.75. The summed E-state index contributed by atoms with van der Waals surface area (Å²) in [7, 11) is 0. The maximum Gasteiger partial charge on any atom is 0.414 e. The maximum atomic E-state index is 11.9. The molecule has 1 N–H and O–H groups in total. The van der Waals surface area contributed by atoms with Crippen molar-refractivity contribution in [2.75, 3.05) is 5.32 Å². The van der Waals surface area contributed by atoms with Gasteiger partial charge in [-0.25, -0.2) is 4.79 Å². The Bertz CT molecular complexity index is 611. The van der Waals surface area contributed by atoms with Gasteiger partial charge in [0, 0.05) is 10.9 Å². The molecule has 0 unspecified atom stereocenters.